The van der Waals surface area contributed by atoms with Crippen molar-refractivity contribution in [2.75, 3.05) is 0 Å². The standard InChI is InChI=1S/C24H15ClF3N5O/c25-23-30-10-8-17(31-23)18-20(32-33-11-3-7-16(27)21(18)33)13-4-1-5-14(12-13)24(28)9-2-6-15(26)19(24)22(29)34/h1-12,19H,(H2,29,34). The largest absolute Gasteiger partial charge is 0.369 e. The third-order valence-electron chi connectivity index (χ3n) is 5.64. The lowest BCUT2D eigenvalue weighted by Crippen LogP contribution is -2.40. The van der Waals surface area contributed by atoms with Gasteiger partial charge in [-0.3, -0.25) is 4.79 Å². The van der Waals surface area contributed by atoms with Crippen molar-refractivity contribution in [1.29, 1.82) is 0 Å². The molecule has 1 aliphatic rings. The van der Waals surface area contributed by atoms with Gasteiger partial charge in [0.05, 0.1) is 11.3 Å². The third kappa shape index (κ3) is 3.45. The molecule has 3 aromatic heterocycles. The number of nitrogens with zero attached hydrogens (tertiary/aromatic N) is 4. The Bertz CT molecular complexity index is 1520. The number of hydrogen-bond acceptors (Lipinski definition) is 4. The van der Waals surface area contributed by atoms with E-state index in [1.807, 2.05) is 0 Å². The fourth-order valence-electron chi connectivity index (χ4n) is 4.16. The Morgan fingerprint density at radius 2 is 2.00 bits per heavy atom. The van der Waals surface area contributed by atoms with Crippen molar-refractivity contribution < 1.29 is 18.0 Å². The first-order valence-corrected chi connectivity index (χ1v) is 10.5. The predicted octanol–water partition coefficient (Wildman–Crippen LogP) is 4.94. The van der Waals surface area contributed by atoms with E-state index in [1.54, 1.807) is 18.3 Å². The van der Waals surface area contributed by atoms with Crippen LogP contribution < -0.4 is 5.73 Å². The van der Waals surface area contributed by atoms with E-state index in [1.165, 1.54) is 47.1 Å². The Balaban J connectivity index is 1.74. The van der Waals surface area contributed by atoms with Gasteiger partial charge in [-0.1, -0.05) is 24.3 Å². The van der Waals surface area contributed by atoms with E-state index < -0.39 is 29.1 Å². The molecule has 0 aliphatic heterocycles. The normalized spacial score (nSPS) is 19.9. The number of benzene rings is 1. The maximum absolute atomic E-state index is 16.1. The van der Waals surface area contributed by atoms with Gasteiger partial charge in [-0.25, -0.2) is 27.7 Å². The van der Waals surface area contributed by atoms with Crippen LogP contribution in [0.4, 0.5) is 13.2 Å². The number of amides is 1. The summed E-state index contributed by atoms with van der Waals surface area (Å²) in [5.74, 6) is -4.50. The van der Waals surface area contributed by atoms with Crippen LogP contribution in [-0.2, 0) is 10.5 Å². The number of alkyl halides is 1. The van der Waals surface area contributed by atoms with Crippen molar-refractivity contribution in [3.05, 3.63) is 95.6 Å². The van der Waals surface area contributed by atoms with Gasteiger partial charge in [-0.15, -0.1) is 0 Å². The zero-order chi connectivity index (χ0) is 24.0. The lowest BCUT2D eigenvalue weighted by atomic mass is 9.78. The molecule has 2 N–H and O–H groups in total. The molecule has 1 aromatic carbocycles. The summed E-state index contributed by atoms with van der Waals surface area (Å²) in [5, 5.41) is 4.44. The van der Waals surface area contributed by atoms with Crippen LogP contribution in [0, 0.1) is 11.7 Å². The molecule has 2 unspecified atom stereocenters. The van der Waals surface area contributed by atoms with E-state index >= 15 is 4.39 Å². The molecule has 170 valence electrons. The smallest absolute Gasteiger partial charge is 0.231 e. The highest BCUT2D eigenvalue weighted by molar-refractivity contribution is 6.28. The van der Waals surface area contributed by atoms with E-state index in [4.69, 9.17) is 17.3 Å². The number of aromatic nitrogens is 4. The van der Waals surface area contributed by atoms with Gasteiger partial charge in [0.25, 0.3) is 0 Å². The highest BCUT2D eigenvalue weighted by Crippen LogP contribution is 2.44. The molecule has 10 heteroatoms. The summed E-state index contributed by atoms with van der Waals surface area (Å²) in [6.45, 7) is 0. The topological polar surface area (TPSA) is 86.2 Å². The number of fused-ring (bicyclic) bond motifs is 1. The number of allylic oxidation sites excluding steroid dienone is 3. The van der Waals surface area contributed by atoms with Crippen molar-refractivity contribution in [2.24, 2.45) is 11.7 Å². The first-order valence-electron chi connectivity index (χ1n) is 10.1. The number of pyridine rings is 1. The van der Waals surface area contributed by atoms with Gasteiger partial charge in [0.2, 0.25) is 11.2 Å². The molecular formula is C24H15ClF3N5O. The van der Waals surface area contributed by atoms with Gasteiger partial charge in [0.1, 0.15) is 28.8 Å². The van der Waals surface area contributed by atoms with Crippen LogP contribution in [-0.4, -0.2) is 25.5 Å². The summed E-state index contributed by atoms with van der Waals surface area (Å²) in [4.78, 5) is 20.0. The SMILES string of the molecule is NC(=O)C1C(F)=CC=CC1(F)c1cccc(-c2nn3cccc(F)c3c2-c2ccnc(Cl)n2)c1. The number of primary amides is 1. The van der Waals surface area contributed by atoms with Crippen LogP contribution in [0.15, 0.2) is 78.9 Å². The average Bonchev–Trinajstić information content (AvgIpc) is 3.20. The second-order valence-corrected chi connectivity index (χ2v) is 8.02. The Hall–Kier alpha value is -3.98. The van der Waals surface area contributed by atoms with Crippen LogP contribution >= 0.6 is 11.6 Å². The summed E-state index contributed by atoms with van der Waals surface area (Å²) in [7, 11) is 0. The number of carbonyl (C=O) groups is 1. The van der Waals surface area contributed by atoms with Crippen molar-refractivity contribution in [3.63, 3.8) is 0 Å². The summed E-state index contributed by atoms with van der Waals surface area (Å²) in [6, 6.07) is 10.3. The van der Waals surface area contributed by atoms with Crippen LogP contribution in [0.2, 0.25) is 5.28 Å². The molecule has 1 aliphatic carbocycles. The molecule has 2 atom stereocenters. The van der Waals surface area contributed by atoms with Gasteiger partial charge in [0, 0.05) is 18.0 Å². The second kappa shape index (κ2) is 8.11. The van der Waals surface area contributed by atoms with Crippen molar-refractivity contribution in [3.8, 4) is 22.5 Å². The van der Waals surface area contributed by atoms with E-state index in [0.717, 1.165) is 12.2 Å². The molecule has 5 rings (SSSR count). The Morgan fingerprint density at radius 1 is 1.18 bits per heavy atom. The van der Waals surface area contributed by atoms with E-state index in [9.17, 15) is 13.6 Å². The van der Waals surface area contributed by atoms with Crippen molar-refractivity contribution in [1.82, 2.24) is 19.6 Å². The third-order valence-corrected chi connectivity index (χ3v) is 5.82. The first-order chi connectivity index (χ1) is 16.3. The van der Waals surface area contributed by atoms with Gasteiger partial charge in [-0.05, 0) is 53.6 Å². The van der Waals surface area contributed by atoms with Crippen LogP contribution in [0.25, 0.3) is 28.0 Å². The zero-order valence-electron chi connectivity index (χ0n) is 17.3. The average molecular weight is 482 g/mol. The molecule has 0 saturated carbocycles. The fraction of sp³-hybridized carbons (Fsp3) is 0.0833. The van der Waals surface area contributed by atoms with Crippen LogP contribution in [0.5, 0.6) is 0 Å². The molecule has 4 aromatic rings. The van der Waals surface area contributed by atoms with Gasteiger partial charge < -0.3 is 5.73 Å². The summed E-state index contributed by atoms with van der Waals surface area (Å²) >= 11 is 5.97. The highest BCUT2D eigenvalue weighted by Gasteiger charge is 2.46. The quantitative estimate of drug-likeness (QED) is 0.418. The summed E-state index contributed by atoms with van der Waals surface area (Å²) in [6.07, 6.45) is 6.25. The molecule has 3 heterocycles. The van der Waals surface area contributed by atoms with Crippen LogP contribution in [0.1, 0.15) is 5.56 Å². The van der Waals surface area contributed by atoms with Gasteiger partial charge >= 0.3 is 0 Å². The molecule has 0 radical (unpaired) electrons. The highest BCUT2D eigenvalue weighted by atomic mass is 35.5. The Kier molecular flexibility index (Phi) is 5.21. The molecular weight excluding hydrogens is 467 g/mol. The van der Waals surface area contributed by atoms with Crippen molar-refractivity contribution >= 4 is 23.0 Å². The van der Waals surface area contributed by atoms with Crippen molar-refractivity contribution in [2.45, 2.75) is 5.67 Å². The molecule has 0 fully saturated rings. The van der Waals surface area contributed by atoms with Gasteiger partial charge in [-0.2, -0.15) is 5.10 Å². The minimum Gasteiger partial charge on any atom is -0.369 e. The number of hydrogen-bond donors (Lipinski definition) is 1. The zero-order valence-corrected chi connectivity index (χ0v) is 18.0. The fourth-order valence-corrected chi connectivity index (χ4v) is 4.31. The second-order valence-electron chi connectivity index (χ2n) is 7.68. The number of halogens is 4. The van der Waals surface area contributed by atoms with E-state index in [-0.39, 0.29) is 22.1 Å². The first kappa shape index (κ1) is 21.8. The number of nitrogens with two attached hydrogens (primary N) is 1. The minimum atomic E-state index is -2.52. The minimum absolute atomic E-state index is 0.0162. The maximum Gasteiger partial charge on any atom is 0.231 e. The predicted molar refractivity (Wildman–Crippen MR) is 120 cm³/mol. The molecule has 6 nitrogen and oxygen atoms in total. The van der Waals surface area contributed by atoms with E-state index in [2.05, 4.69) is 15.1 Å². The molecule has 0 saturated heterocycles. The number of carbonyl (C=O) groups excluding carboxylic acids is 1. The molecule has 1 amide bonds. The maximum atomic E-state index is 16.1. The summed E-state index contributed by atoms with van der Waals surface area (Å²) in [5.41, 5.74) is 4.19. The van der Waals surface area contributed by atoms with Gasteiger partial charge in [0.15, 0.2) is 5.67 Å². The lowest BCUT2D eigenvalue weighted by molar-refractivity contribution is -0.125. The molecule has 0 bridgehead atoms. The molecule has 34 heavy (non-hydrogen) atoms. The lowest BCUT2D eigenvalue weighted by Gasteiger charge is -2.31. The summed E-state index contributed by atoms with van der Waals surface area (Å²) < 4.78 is 46.7. The Labute approximate surface area is 196 Å². The van der Waals surface area contributed by atoms with E-state index in [0.29, 0.717) is 16.8 Å². The number of rotatable bonds is 4. The van der Waals surface area contributed by atoms with Crippen LogP contribution in [0.3, 0.4) is 0 Å². The monoisotopic (exact) mass is 481 g/mol. The molecule has 0 spiro atoms. The Morgan fingerprint density at radius 3 is 2.76 bits per heavy atom.